The number of thiazole rings is 1. The van der Waals surface area contributed by atoms with Gasteiger partial charge in [-0.3, -0.25) is 0 Å². The second kappa shape index (κ2) is 8.03. The van der Waals surface area contributed by atoms with Crippen LogP contribution in [0.1, 0.15) is 37.3 Å². The predicted molar refractivity (Wildman–Crippen MR) is 73.9 cm³/mol. The number of nitrogens with one attached hydrogen (secondary N) is 1. The second-order valence-electron chi connectivity index (χ2n) is 4.37. The third-order valence-electron chi connectivity index (χ3n) is 3.15. The Hall–Kier alpha value is -0.160. The zero-order valence-electron chi connectivity index (χ0n) is 10.2. The molecule has 1 aromatic heterocycles. The van der Waals surface area contributed by atoms with Gasteiger partial charge < -0.3 is 10.1 Å². The van der Waals surface area contributed by atoms with E-state index >= 15 is 0 Å². The van der Waals surface area contributed by atoms with Gasteiger partial charge in [0.1, 0.15) is 11.1 Å². The van der Waals surface area contributed by atoms with Gasteiger partial charge >= 0.3 is 0 Å². The largest absolute Gasteiger partial charge is 0.371 e. The zero-order chi connectivity index (χ0) is 11.2. The maximum atomic E-state index is 5.82. The van der Waals surface area contributed by atoms with Crippen LogP contribution >= 0.6 is 23.7 Å². The predicted octanol–water partition coefficient (Wildman–Crippen LogP) is 3.03. The number of hydrogen-bond donors (Lipinski definition) is 1. The first-order valence-corrected chi connectivity index (χ1v) is 6.96. The van der Waals surface area contributed by atoms with Crippen molar-refractivity contribution in [1.29, 1.82) is 0 Å². The summed E-state index contributed by atoms with van der Waals surface area (Å²) in [6.45, 7) is 5.30. The van der Waals surface area contributed by atoms with Gasteiger partial charge in [0.25, 0.3) is 0 Å². The Morgan fingerprint density at radius 2 is 2.29 bits per heavy atom. The Morgan fingerprint density at radius 1 is 1.53 bits per heavy atom. The fourth-order valence-electron chi connectivity index (χ4n) is 2.09. The summed E-state index contributed by atoms with van der Waals surface area (Å²) in [5, 5.41) is 6.48. The molecule has 0 saturated carbocycles. The van der Waals surface area contributed by atoms with Crippen molar-refractivity contribution in [2.24, 2.45) is 5.92 Å². The van der Waals surface area contributed by atoms with Crippen molar-refractivity contribution < 1.29 is 4.74 Å². The van der Waals surface area contributed by atoms with Crippen LogP contribution in [0.25, 0.3) is 0 Å². The minimum atomic E-state index is 0. The molecule has 2 heterocycles. The van der Waals surface area contributed by atoms with Crippen molar-refractivity contribution in [3.8, 4) is 0 Å². The molecule has 0 aromatic carbocycles. The topological polar surface area (TPSA) is 34.1 Å². The van der Waals surface area contributed by atoms with Gasteiger partial charge in [0.15, 0.2) is 0 Å². The molecular weight excluding hydrogens is 256 g/mol. The minimum Gasteiger partial charge on any atom is -0.371 e. The van der Waals surface area contributed by atoms with E-state index in [1.165, 1.54) is 32.4 Å². The first kappa shape index (κ1) is 14.9. The summed E-state index contributed by atoms with van der Waals surface area (Å²) in [6.07, 6.45) is 5.79. The molecule has 1 aliphatic heterocycles. The molecule has 0 aliphatic carbocycles. The van der Waals surface area contributed by atoms with Crippen molar-refractivity contribution >= 4 is 23.7 Å². The summed E-state index contributed by atoms with van der Waals surface area (Å²) in [4.78, 5) is 4.27. The molecule has 5 heteroatoms. The maximum absolute atomic E-state index is 5.82. The SMILES string of the molecule is CC(OCCC1CCNCC1)c1nccs1.Cl. The van der Waals surface area contributed by atoms with E-state index in [9.17, 15) is 0 Å². The van der Waals surface area contributed by atoms with Crippen LogP contribution in [0.15, 0.2) is 11.6 Å². The highest BCUT2D eigenvalue weighted by molar-refractivity contribution is 7.09. The highest BCUT2D eigenvalue weighted by Gasteiger charge is 2.14. The number of hydrogen-bond acceptors (Lipinski definition) is 4. The average Bonchev–Trinajstić information content (AvgIpc) is 2.84. The van der Waals surface area contributed by atoms with Crippen molar-refractivity contribution in [2.75, 3.05) is 19.7 Å². The Kier molecular flexibility index (Phi) is 7.04. The fraction of sp³-hybridized carbons (Fsp3) is 0.750. The standard InChI is InChI=1S/C12H20N2OS.ClH/c1-10(12-14-7-9-16-12)15-8-4-11-2-5-13-6-3-11;/h7,9-11,13H,2-6,8H2,1H3;1H. The van der Waals surface area contributed by atoms with Gasteiger partial charge in [-0.2, -0.15) is 0 Å². The molecule has 1 aliphatic rings. The van der Waals surface area contributed by atoms with Gasteiger partial charge in [-0.15, -0.1) is 23.7 Å². The Bertz CT molecular complexity index is 289. The summed E-state index contributed by atoms with van der Waals surface area (Å²) in [6, 6.07) is 0. The Balaban J connectivity index is 0.00000144. The fourth-order valence-corrected chi connectivity index (χ4v) is 2.73. The van der Waals surface area contributed by atoms with Crippen molar-refractivity contribution in [1.82, 2.24) is 10.3 Å². The van der Waals surface area contributed by atoms with Crippen LogP contribution < -0.4 is 5.32 Å². The number of nitrogens with zero attached hydrogens (tertiary/aromatic N) is 1. The van der Waals surface area contributed by atoms with Crippen LogP contribution in [0.4, 0.5) is 0 Å². The summed E-state index contributed by atoms with van der Waals surface area (Å²) in [5.41, 5.74) is 0. The van der Waals surface area contributed by atoms with Crippen LogP contribution in [0.2, 0.25) is 0 Å². The third-order valence-corrected chi connectivity index (χ3v) is 4.09. The lowest BCUT2D eigenvalue weighted by Crippen LogP contribution is -2.28. The van der Waals surface area contributed by atoms with E-state index in [-0.39, 0.29) is 18.5 Å². The molecule has 1 atom stereocenters. The quantitative estimate of drug-likeness (QED) is 0.898. The van der Waals surface area contributed by atoms with Crippen LogP contribution in [0, 0.1) is 5.92 Å². The van der Waals surface area contributed by atoms with E-state index in [0.29, 0.717) is 0 Å². The lowest BCUT2D eigenvalue weighted by atomic mass is 9.95. The molecule has 2 rings (SSSR count). The molecule has 1 unspecified atom stereocenters. The van der Waals surface area contributed by atoms with E-state index in [1.807, 2.05) is 11.6 Å². The van der Waals surface area contributed by atoms with Gasteiger partial charge in [-0.25, -0.2) is 4.98 Å². The van der Waals surface area contributed by atoms with Crippen LogP contribution in [-0.4, -0.2) is 24.7 Å². The summed E-state index contributed by atoms with van der Waals surface area (Å²) in [7, 11) is 0. The monoisotopic (exact) mass is 276 g/mol. The Morgan fingerprint density at radius 3 is 2.94 bits per heavy atom. The van der Waals surface area contributed by atoms with E-state index < -0.39 is 0 Å². The number of piperidine rings is 1. The van der Waals surface area contributed by atoms with Gasteiger partial charge in [0, 0.05) is 18.2 Å². The van der Waals surface area contributed by atoms with Crippen LogP contribution in [0.5, 0.6) is 0 Å². The molecule has 0 radical (unpaired) electrons. The van der Waals surface area contributed by atoms with Crippen LogP contribution in [-0.2, 0) is 4.74 Å². The normalized spacial score (nSPS) is 18.6. The molecule has 98 valence electrons. The summed E-state index contributed by atoms with van der Waals surface area (Å²) in [5.74, 6) is 0.852. The average molecular weight is 277 g/mol. The Labute approximate surface area is 113 Å². The molecule has 0 spiro atoms. The first-order valence-electron chi connectivity index (χ1n) is 6.08. The number of rotatable bonds is 5. The van der Waals surface area contributed by atoms with E-state index in [0.717, 1.165) is 17.5 Å². The molecule has 1 aromatic rings. The van der Waals surface area contributed by atoms with E-state index in [4.69, 9.17) is 4.74 Å². The first-order chi connectivity index (χ1) is 7.86. The molecular formula is C12H21ClN2OS. The smallest absolute Gasteiger partial charge is 0.121 e. The number of ether oxygens (including phenoxy) is 1. The lowest BCUT2D eigenvalue weighted by Gasteiger charge is -2.22. The summed E-state index contributed by atoms with van der Waals surface area (Å²) < 4.78 is 5.82. The molecule has 1 N–H and O–H groups in total. The molecule has 17 heavy (non-hydrogen) atoms. The minimum absolute atomic E-state index is 0. The van der Waals surface area contributed by atoms with Crippen molar-refractivity contribution in [3.63, 3.8) is 0 Å². The van der Waals surface area contributed by atoms with Gasteiger partial charge in [-0.1, -0.05) is 0 Å². The maximum Gasteiger partial charge on any atom is 0.121 e. The van der Waals surface area contributed by atoms with Crippen LogP contribution in [0.3, 0.4) is 0 Å². The molecule has 1 fully saturated rings. The summed E-state index contributed by atoms with van der Waals surface area (Å²) >= 11 is 1.67. The van der Waals surface area contributed by atoms with Gasteiger partial charge in [-0.05, 0) is 45.2 Å². The van der Waals surface area contributed by atoms with E-state index in [1.54, 1.807) is 11.3 Å². The van der Waals surface area contributed by atoms with Gasteiger partial charge in [0.2, 0.25) is 0 Å². The molecule has 0 bridgehead atoms. The zero-order valence-corrected chi connectivity index (χ0v) is 11.9. The van der Waals surface area contributed by atoms with E-state index in [2.05, 4.69) is 17.2 Å². The van der Waals surface area contributed by atoms with Crippen molar-refractivity contribution in [2.45, 2.75) is 32.3 Å². The molecule has 0 amide bonds. The number of halogens is 1. The molecule has 1 saturated heterocycles. The lowest BCUT2D eigenvalue weighted by molar-refractivity contribution is 0.0532. The highest BCUT2D eigenvalue weighted by atomic mass is 35.5. The highest BCUT2D eigenvalue weighted by Crippen LogP contribution is 2.21. The number of aromatic nitrogens is 1. The third kappa shape index (κ3) is 4.92. The molecule has 3 nitrogen and oxygen atoms in total. The van der Waals surface area contributed by atoms with Gasteiger partial charge in [0.05, 0.1) is 0 Å². The van der Waals surface area contributed by atoms with Crippen molar-refractivity contribution in [3.05, 3.63) is 16.6 Å². The second-order valence-corrected chi connectivity index (χ2v) is 5.29.